The first-order chi connectivity index (χ1) is 13.5. The lowest BCUT2D eigenvalue weighted by Gasteiger charge is -2.31. The van der Waals surface area contributed by atoms with Crippen molar-refractivity contribution in [1.29, 1.82) is 0 Å². The van der Waals surface area contributed by atoms with Gasteiger partial charge in [0.05, 0.1) is 11.7 Å². The number of anilines is 1. The highest BCUT2D eigenvalue weighted by atomic mass is 19.4. The van der Waals surface area contributed by atoms with Crippen LogP contribution in [0.5, 0.6) is 0 Å². The molecule has 11 heteroatoms. The van der Waals surface area contributed by atoms with E-state index in [0.717, 1.165) is 33.0 Å². The number of aromatic nitrogens is 4. The van der Waals surface area contributed by atoms with Crippen molar-refractivity contribution < 1.29 is 18.0 Å². The molecule has 2 aromatic heterocycles. The van der Waals surface area contributed by atoms with Crippen molar-refractivity contribution in [3.8, 4) is 0 Å². The molecule has 3 heterocycles. The Morgan fingerprint density at radius 1 is 1.31 bits per heavy atom. The van der Waals surface area contributed by atoms with E-state index in [2.05, 4.69) is 27.3 Å². The molecule has 1 amide bonds. The van der Waals surface area contributed by atoms with E-state index in [0.29, 0.717) is 28.3 Å². The van der Waals surface area contributed by atoms with Crippen LogP contribution in [0.3, 0.4) is 0 Å². The Balaban J connectivity index is 1.76. The van der Waals surface area contributed by atoms with Gasteiger partial charge in [0.25, 0.3) is 11.5 Å². The van der Waals surface area contributed by atoms with Crippen LogP contribution in [0.1, 0.15) is 54.6 Å². The largest absolute Gasteiger partial charge is 0.433 e. The van der Waals surface area contributed by atoms with Crippen LogP contribution in [-0.2, 0) is 13.2 Å². The van der Waals surface area contributed by atoms with Gasteiger partial charge in [-0.1, -0.05) is 6.92 Å². The summed E-state index contributed by atoms with van der Waals surface area (Å²) in [5.41, 5.74) is -1.42. The lowest BCUT2D eigenvalue weighted by atomic mass is 10.00. The van der Waals surface area contributed by atoms with E-state index in [1.807, 2.05) is 4.90 Å². The van der Waals surface area contributed by atoms with Gasteiger partial charge in [0.2, 0.25) is 5.95 Å². The molecule has 1 atom stereocenters. The molecule has 158 valence electrons. The third kappa shape index (κ3) is 4.77. The van der Waals surface area contributed by atoms with Crippen molar-refractivity contribution in [3.63, 3.8) is 0 Å². The van der Waals surface area contributed by atoms with Gasteiger partial charge in [0.1, 0.15) is 5.69 Å². The zero-order chi connectivity index (χ0) is 21.3. The molecule has 0 unspecified atom stereocenters. The van der Waals surface area contributed by atoms with E-state index in [4.69, 9.17) is 0 Å². The van der Waals surface area contributed by atoms with Gasteiger partial charge in [-0.3, -0.25) is 19.3 Å². The Morgan fingerprint density at radius 2 is 1.97 bits per heavy atom. The van der Waals surface area contributed by atoms with Crippen molar-refractivity contribution >= 4 is 11.9 Å². The first-order valence-corrected chi connectivity index (χ1v) is 9.33. The Hall–Kier alpha value is -2.85. The number of H-pyrrole nitrogens is 1. The highest BCUT2D eigenvalue weighted by Crippen LogP contribution is 2.29. The standard InChI is InChI=1S/C18H23F3N6O2/c1-10-4-6-27(7-5-10)17-23-12(9-15(28)24-17)11(2)22-16(29)13-8-14(18(19,20)21)26(3)25-13/h8-11H,4-7H2,1-3H3,(H,22,29)(H,23,24,28)/t11-/m1/s1. The van der Waals surface area contributed by atoms with Gasteiger partial charge in [-0.25, -0.2) is 4.98 Å². The fourth-order valence-corrected chi connectivity index (χ4v) is 3.24. The molecule has 1 aliphatic rings. The monoisotopic (exact) mass is 412 g/mol. The van der Waals surface area contributed by atoms with E-state index in [9.17, 15) is 22.8 Å². The summed E-state index contributed by atoms with van der Waals surface area (Å²) in [4.78, 5) is 33.5. The van der Waals surface area contributed by atoms with E-state index >= 15 is 0 Å². The molecule has 0 bridgehead atoms. The van der Waals surface area contributed by atoms with Gasteiger partial charge in [0, 0.05) is 32.3 Å². The SMILES string of the molecule is CC1CCN(c2nc([C@@H](C)NC(=O)c3cc(C(F)(F)F)n(C)n3)cc(=O)[nH]2)CC1. The minimum atomic E-state index is -4.61. The van der Waals surface area contributed by atoms with Crippen molar-refractivity contribution in [1.82, 2.24) is 25.1 Å². The van der Waals surface area contributed by atoms with Crippen LogP contribution in [0.25, 0.3) is 0 Å². The Labute approximate surface area is 165 Å². The van der Waals surface area contributed by atoms with Gasteiger partial charge in [-0.05, 0) is 25.7 Å². The average Bonchev–Trinajstić information content (AvgIpc) is 3.04. The predicted octanol–water partition coefficient (Wildman–Crippen LogP) is 2.25. The summed E-state index contributed by atoms with van der Waals surface area (Å²) in [5.74, 6) is 0.260. The molecule has 0 aliphatic carbocycles. The third-order valence-electron chi connectivity index (χ3n) is 5.03. The maximum absolute atomic E-state index is 12.9. The number of nitrogens with one attached hydrogen (secondary N) is 2. The number of amides is 1. The predicted molar refractivity (Wildman–Crippen MR) is 99.6 cm³/mol. The van der Waals surface area contributed by atoms with Gasteiger partial charge < -0.3 is 10.2 Å². The molecule has 2 aromatic rings. The smallest absolute Gasteiger partial charge is 0.343 e. The third-order valence-corrected chi connectivity index (χ3v) is 5.03. The van der Waals surface area contributed by atoms with Crippen LogP contribution in [0, 0.1) is 5.92 Å². The molecular weight excluding hydrogens is 389 g/mol. The molecule has 0 radical (unpaired) electrons. The Kier molecular flexibility index (Phi) is 5.67. The number of alkyl halides is 3. The summed E-state index contributed by atoms with van der Waals surface area (Å²) >= 11 is 0. The second-order valence-corrected chi connectivity index (χ2v) is 7.39. The first kappa shape index (κ1) is 20.9. The van der Waals surface area contributed by atoms with Gasteiger partial charge >= 0.3 is 6.18 Å². The van der Waals surface area contributed by atoms with Gasteiger partial charge in [-0.2, -0.15) is 18.3 Å². The van der Waals surface area contributed by atoms with E-state index in [1.54, 1.807) is 6.92 Å². The molecule has 3 rings (SSSR count). The summed E-state index contributed by atoms with van der Waals surface area (Å²) in [7, 11) is 1.12. The second-order valence-electron chi connectivity index (χ2n) is 7.39. The summed E-state index contributed by atoms with van der Waals surface area (Å²) in [6.07, 6.45) is -2.64. The molecule has 1 saturated heterocycles. The molecule has 8 nitrogen and oxygen atoms in total. The molecule has 0 aromatic carbocycles. The number of nitrogens with zero attached hydrogens (tertiary/aromatic N) is 4. The number of aryl methyl sites for hydroxylation is 1. The summed E-state index contributed by atoms with van der Waals surface area (Å²) in [6, 6.07) is 1.26. The van der Waals surface area contributed by atoms with Crippen LogP contribution in [0.2, 0.25) is 0 Å². The quantitative estimate of drug-likeness (QED) is 0.803. The molecular formula is C18H23F3N6O2. The van der Waals surface area contributed by atoms with Crippen LogP contribution in [0.15, 0.2) is 16.9 Å². The maximum atomic E-state index is 12.9. The van der Waals surface area contributed by atoms with Gasteiger partial charge in [0.15, 0.2) is 5.69 Å². The Morgan fingerprint density at radius 3 is 2.55 bits per heavy atom. The minimum Gasteiger partial charge on any atom is -0.343 e. The number of hydrogen-bond donors (Lipinski definition) is 2. The van der Waals surface area contributed by atoms with Crippen LogP contribution in [0.4, 0.5) is 19.1 Å². The topological polar surface area (TPSA) is 95.9 Å². The lowest BCUT2D eigenvalue weighted by molar-refractivity contribution is -0.143. The van der Waals surface area contributed by atoms with E-state index in [-0.39, 0.29) is 11.3 Å². The number of carbonyl (C=O) groups excluding carboxylic acids is 1. The molecule has 0 spiro atoms. The van der Waals surface area contributed by atoms with Crippen LogP contribution < -0.4 is 15.8 Å². The first-order valence-electron chi connectivity index (χ1n) is 9.33. The van der Waals surface area contributed by atoms with Gasteiger partial charge in [-0.15, -0.1) is 0 Å². The van der Waals surface area contributed by atoms with Crippen LogP contribution in [-0.4, -0.2) is 38.7 Å². The number of rotatable bonds is 4. The molecule has 29 heavy (non-hydrogen) atoms. The van der Waals surface area contributed by atoms with Crippen molar-refractivity contribution in [2.75, 3.05) is 18.0 Å². The fourth-order valence-electron chi connectivity index (χ4n) is 3.24. The highest BCUT2D eigenvalue weighted by molar-refractivity contribution is 5.92. The number of hydrogen-bond acceptors (Lipinski definition) is 5. The Bertz CT molecular complexity index is 944. The number of carbonyl (C=O) groups is 1. The highest BCUT2D eigenvalue weighted by Gasteiger charge is 2.36. The number of aromatic amines is 1. The fraction of sp³-hybridized carbons (Fsp3) is 0.556. The number of piperidine rings is 1. The second kappa shape index (κ2) is 7.88. The molecule has 1 aliphatic heterocycles. The molecule has 2 N–H and O–H groups in total. The normalized spacial score (nSPS) is 16.7. The zero-order valence-electron chi connectivity index (χ0n) is 16.4. The number of halogens is 3. The van der Waals surface area contributed by atoms with Crippen molar-refractivity contribution in [2.24, 2.45) is 13.0 Å². The van der Waals surface area contributed by atoms with E-state index in [1.165, 1.54) is 6.07 Å². The van der Waals surface area contributed by atoms with Crippen molar-refractivity contribution in [2.45, 2.75) is 38.9 Å². The van der Waals surface area contributed by atoms with E-state index < -0.39 is 23.8 Å². The average molecular weight is 412 g/mol. The maximum Gasteiger partial charge on any atom is 0.433 e. The summed E-state index contributed by atoms with van der Waals surface area (Å²) in [5, 5.41) is 6.18. The zero-order valence-corrected chi connectivity index (χ0v) is 16.4. The lowest BCUT2D eigenvalue weighted by Crippen LogP contribution is -2.36. The molecule has 1 fully saturated rings. The van der Waals surface area contributed by atoms with Crippen LogP contribution >= 0.6 is 0 Å². The van der Waals surface area contributed by atoms with Crippen molar-refractivity contribution in [3.05, 3.63) is 39.6 Å². The summed E-state index contributed by atoms with van der Waals surface area (Å²) in [6.45, 7) is 5.31. The summed E-state index contributed by atoms with van der Waals surface area (Å²) < 4.78 is 39.3. The molecule has 0 saturated carbocycles. The minimum absolute atomic E-state index is 0.322.